The SMILES string of the molecule is COc1ccc(C(OC[C@@]2(CO[Si](C(C)C)(C(C)C)C(C)C)O[C@@H](n3cnc4c(=O)[nH]c(NC(=O)C(C)C)nc43)[C@H](O)[C@@H]2O)(c2ccccc2)c2ccc(OC)cc2)cc1. The average molecular weight is 842 g/mol. The van der Waals surface area contributed by atoms with E-state index in [1.165, 1.54) is 10.9 Å². The summed E-state index contributed by atoms with van der Waals surface area (Å²) in [5.74, 6) is 0.485. The quantitative estimate of drug-likeness (QED) is 0.0564. The Kier molecular flexibility index (Phi) is 13.4. The van der Waals surface area contributed by atoms with Gasteiger partial charge >= 0.3 is 0 Å². The Hall–Kier alpha value is -4.90. The first-order chi connectivity index (χ1) is 28.5. The molecule has 6 rings (SSSR count). The van der Waals surface area contributed by atoms with Gasteiger partial charge in [-0.3, -0.25) is 24.5 Å². The van der Waals surface area contributed by atoms with E-state index in [9.17, 15) is 19.8 Å². The maximum atomic E-state index is 13.2. The van der Waals surface area contributed by atoms with Crippen molar-refractivity contribution in [3.63, 3.8) is 0 Å². The van der Waals surface area contributed by atoms with Gasteiger partial charge < -0.3 is 33.6 Å². The van der Waals surface area contributed by atoms with Crippen LogP contribution in [0.5, 0.6) is 11.5 Å². The summed E-state index contributed by atoms with van der Waals surface area (Å²) in [4.78, 5) is 37.2. The minimum Gasteiger partial charge on any atom is -0.497 e. The van der Waals surface area contributed by atoms with Crippen molar-refractivity contribution in [3.05, 3.63) is 112 Å². The summed E-state index contributed by atoms with van der Waals surface area (Å²) in [6.07, 6.45) is -3.11. The molecule has 1 aliphatic heterocycles. The maximum Gasteiger partial charge on any atom is 0.280 e. The molecule has 1 aliphatic rings. The van der Waals surface area contributed by atoms with Gasteiger partial charge in [0.1, 0.15) is 34.9 Å². The van der Waals surface area contributed by atoms with Crippen LogP contribution in [0.3, 0.4) is 0 Å². The second-order valence-electron chi connectivity index (χ2n) is 16.8. The van der Waals surface area contributed by atoms with Gasteiger partial charge in [-0.2, -0.15) is 4.98 Å². The molecule has 5 aromatic rings. The Morgan fingerprint density at radius 2 is 1.38 bits per heavy atom. The molecule has 4 atom stereocenters. The number of aliphatic hydroxyl groups excluding tert-OH is 2. The van der Waals surface area contributed by atoms with Crippen molar-refractivity contribution >= 4 is 31.3 Å². The van der Waals surface area contributed by atoms with Crippen molar-refractivity contribution in [2.24, 2.45) is 5.92 Å². The molecule has 60 heavy (non-hydrogen) atoms. The fourth-order valence-electron chi connectivity index (χ4n) is 8.83. The molecule has 0 unspecified atom stereocenters. The van der Waals surface area contributed by atoms with Crippen molar-refractivity contribution < 1.29 is 38.4 Å². The third-order valence-electron chi connectivity index (χ3n) is 12.0. The highest BCUT2D eigenvalue weighted by Crippen LogP contribution is 2.48. The van der Waals surface area contributed by atoms with E-state index in [4.69, 9.17) is 23.4 Å². The van der Waals surface area contributed by atoms with E-state index in [0.717, 1.165) is 16.7 Å². The van der Waals surface area contributed by atoms with Crippen LogP contribution in [0.2, 0.25) is 16.6 Å². The Morgan fingerprint density at radius 1 is 0.850 bits per heavy atom. The summed E-state index contributed by atoms with van der Waals surface area (Å²) in [7, 11) is 0.588. The van der Waals surface area contributed by atoms with Crippen LogP contribution >= 0.6 is 0 Å². The number of rotatable bonds is 17. The standard InChI is InChI=1S/C45H59N5O9Si/c1-27(2)40(53)48-43-47-39-36(41(54)49-43)46-26-50(39)42-37(51)38(52)44(59-42,25-58-60(28(3)4,29(5)6)30(7)8)24-57-45(31-14-12-11-13-15-31,32-16-20-34(55-9)21-17-32)33-18-22-35(56-10)23-19-33/h11-23,26-30,37-38,42,51-52H,24-25H2,1-10H3,(H2,47,48,49,53,54)/t37-,38+,42-,44+/m1/s1. The minimum atomic E-state index is -2.63. The summed E-state index contributed by atoms with van der Waals surface area (Å²) in [5, 5.41) is 27.2. The molecule has 0 radical (unpaired) electrons. The van der Waals surface area contributed by atoms with E-state index in [2.05, 4.69) is 61.8 Å². The third-order valence-corrected chi connectivity index (χ3v) is 18.0. The molecule has 3 aromatic carbocycles. The van der Waals surface area contributed by atoms with Crippen molar-refractivity contribution in [3.8, 4) is 11.5 Å². The number of ether oxygens (including phenoxy) is 4. The van der Waals surface area contributed by atoms with E-state index in [1.807, 2.05) is 78.9 Å². The van der Waals surface area contributed by atoms with E-state index >= 15 is 0 Å². The molecular formula is C45H59N5O9Si. The van der Waals surface area contributed by atoms with E-state index < -0.39 is 43.5 Å². The normalized spacial score (nSPS) is 19.8. The number of carbonyl (C=O) groups is 1. The summed E-state index contributed by atoms with van der Waals surface area (Å²) in [6.45, 7) is 16.1. The summed E-state index contributed by atoms with van der Waals surface area (Å²) < 4.78 is 34.0. The fourth-order valence-corrected chi connectivity index (χ4v) is 14.3. The van der Waals surface area contributed by atoms with Crippen LogP contribution in [-0.4, -0.2) is 89.2 Å². The monoisotopic (exact) mass is 841 g/mol. The molecule has 0 spiro atoms. The number of imidazole rings is 1. The maximum absolute atomic E-state index is 13.2. The van der Waals surface area contributed by atoms with Crippen LogP contribution in [0.25, 0.3) is 11.2 Å². The van der Waals surface area contributed by atoms with Crippen molar-refractivity contribution in [1.82, 2.24) is 19.5 Å². The average Bonchev–Trinajstić information content (AvgIpc) is 3.76. The fraction of sp³-hybridized carbons (Fsp3) is 0.467. The molecule has 0 bridgehead atoms. The first-order valence-corrected chi connectivity index (χ1v) is 22.6. The Morgan fingerprint density at radius 3 is 1.88 bits per heavy atom. The zero-order chi connectivity index (χ0) is 43.6. The van der Waals surface area contributed by atoms with Gasteiger partial charge in [-0.1, -0.05) is 110 Å². The zero-order valence-electron chi connectivity index (χ0n) is 36.1. The number of hydrogen-bond acceptors (Lipinski definition) is 11. The topological polar surface area (TPSA) is 179 Å². The summed E-state index contributed by atoms with van der Waals surface area (Å²) in [5.41, 5.74) is -0.731. The Balaban J connectivity index is 1.53. The second kappa shape index (κ2) is 18.0. The molecule has 0 aliphatic carbocycles. The van der Waals surface area contributed by atoms with Gasteiger partial charge in [-0.05, 0) is 57.6 Å². The van der Waals surface area contributed by atoms with Gasteiger partial charge in [0.2, 0.25) is 11.9 Å². The molecule has 0 saturated carbocycles. The predicted octanol–water partition coefficient (Wildman–Crippen LogP) is 6.92. The number of amides is 1. The molecule has 322 valence electrons. The third kappa shape index (κ3) is 8.13. The first kappa shape index (κ1) is 44.6. The van der Waals surface area contributed by atoms with Crippen LogP contribution in [0.1, 0.15) is 78.3 Å². The number of carbonyl (C=O) groups excluding carboxylic acids is 1. The number of aromatic amines is 1. The number of methoxy groups -OCH3 is 2. The highest BCUT2D eigenvalue weighted by Gasteiger charge is 2.59. The number of nitrogens with one attached hydrogen (secondary N) is 2. The lowest BCUT2D eigenvalue weighted by atomic mass is 9.79. The number of nitrogens with zero attached hydrogens (tertiary/aromatic N) is 3. The summed E-state index contributed by atoms with van der Waals surface area (Å²) in [6, 6.07) is 25.0. The molecule has 2 aromatic heterocycles. The van der Waals surface area contributed by atoms with Crippen molar-refractivity contribution in [2.45, 2.75) is 102 Å². The second-order valence-corrected chi connectivity index (χ2v) is 22.3. The largest absolute Gasteiger partial charge is 0.497 e. The number of fused-ring (bicyclic) bond motifs is 1. The molecule has 1 amide bonds. The molecule has 15 heteroatoms. The number of aromatic nitrogens is 4. The lowest BCUT2D eigenvalue weighted by molar-refractivity contribution is -0.175. The number of anilines is 1. The van der Waals surface area contributed by atoms with Crippen molar-refractivity contribution in [2.75, 3.05) is 32.8 Å². The minimum absolute atomic E-state index is 0.0389. The van der Waals surface area contributed by atoms with Crippen LogP contribution in [0, 0.1) is 5.92 Å². The van der Waals surface area contributed by atoms with Gasteiger partial charge in [-0.25, -0.2) is 4.98 Å². The first-order valence-electron chi connectivity index (χ1n) is 20.5. The Bertz CT molecular complexity index is 2210. The van der Waals surface area contributed by atoms with Gasteiger partial charge in [0, 0.05) is 5.92 Å². The van der Waals surface area contributed by atoms with Gasteiger partial charge in [-0.15, -0.1) is 0 Å². The van der Waals surface area contributed by atoms with Crippen LogP contribution in [0.4, 0.5) is 5.95 Å². The Labute approximate surface area is 352 Å². The highest BCUT2D eigenvalue weighted by atomic mass is 28.4. The van der Waals surface area contributed by atoms with E-state index in [0.29, 0.717) is 11.5 Å². The predicted molar refractivity (Wildman–Crippen MR) is 232 cm³/mol. The van der Waals surface area contributed by atoms with Crippen LogP contribution in [0.15, 0.2) is 90.0 Å². The van der Waals surface area contributed by atoms with E-state index in [1.54, 1.807) is 28.1 Å². The number of benzene rings is 3. The molecule has 14 nitrogen and oxygen atoms in total. The molecular weight excluding hydrogens is 783 g/mol. The van der Waals surface area contributed by atoms with Gasteiger partial charge in [0.05, 0.1) is 33.8 Å². The van der Waals surface area contributed by atoms with Gasteiger partial charge in [0.25, 0.3) is 5.56 Å². The summed E-state index contributed by atoms with van der Waals surface area (Å²) >= 11 is 0. The lowest BCUT2D eigenvalue weighted by Crippen LogP contribution is -2.57. The number of hydrogen-bond donors (Lipinski definition) is 4. The molecule has 1 saturated heterocycles. The smallest absolute Gasteiger partial charge is 0.280 e. The number of aliphatic hydroxyl groups is 2. The van der Waals surface area contributed by atoms with E-state index in [-0.39, 0.29) is 58.8 Å². The molecule has 1 fully saturated rings. The molecule has 4 N–H and O–H groups in total. The van der Waals surface area contributed by atoms with Gasteiger partial charge in [0.15, 0.2) is 25.7 Å². The highest BCUT2D eigenvalue weighted by molar-refractivity contribution is 6.77. The van der Waals surface area contributed by atoms with Crippen molar-refractivity contribution in [1.29, 1.82) is 0 Å². The molecule has 3 heterocycles. The number of H-pyrrole nitrogens is 1. The lowest BCUT2D eigenvalue weighted by Gasteiger charge is -2.46. The van der Waals surface area contributed by atoms with Crippen LogP contribution in [-0.2, 0) is 24.3 Å². The zero-order valence-corrected chi connectivity index (χ0v) is 37.1. The van der Waals surface area contributed by atoms with Crippen LogP contribution < -0.4 is 20.3 Å².